The molecule has 1 unspecified atom stereocenters. The standard InChI is InChI=1S/C12H23N3O2S/c1-9(2)10(3)7-14-18(16,17)12-5-11(6-13)15(4)8-12/h5,8-10,14H,6-7,13H2,1-4H3. The molecule has 0 fully saturated rings. The van der Waals surface area contributed by atoms with Gasteiger partial charge in [-0.2, -0.15) is 0 Å². The molecule has 104 valence electrons. The van der Waals surface area contributed by atoms with E-state index in [0.29, 0.717) is 24.9 Å². The lowest BCUT2D eigenvalue weighted by Crippen LogP contribution is -2.30. The largest absolute Gasteiger partial charge is 0.352 e. The number of nitrogens with zero attached hydrogens (tertiary/aromatic N) is 1. The third-order valence-electron chi connectivity index (χ3n) is 3.34. The van der Waals surface area contributed by atoms with Crippen LogP contribution >= 0.6 is 0 Å². The third-order valence-corrected chi connectivity index (χ3v) is 4.73. The number of nitrogens with two attached hydrogens (primary N) is 1. The Bertz CT molecular complexity index is 491. The maximum absolute atomic E-state index is 12.1. The van der Waals surface area contributed by atoms with Gasteiger partial charge in [-0.15, -0.1) is 0 Å². The summed E-state index contributed by atoms with van der Waals surface area (Å²) in [7, 11) is -1.64. The summed E-state index contributed by atoms with van der Waals surface area (Å²) < 4.78 is 28.5. The van der Waals surface area contributed by atoms with Crippen molar-refractivity contribution in [3.63, 3.8) is 0 Å². The average Bonchev–Trinajstić information content (AvgIpc) is 2.68. The van der Waals surface area contributed by atoms with Crippen molar-refractivity contribution in [3.8, 4) is 0 Å². The molecule has 0 saturated heterocycles. The Morgan fingerprint density at radius 1 is 1.39 bits per heavy atom. The van der Waals surface area contributed by atoms with E-state index in [1.807, 2.05) is 6.92 Å². The summed E-state index contributed by atoms with van der Waals surface area (Å²) in [6, 6.07) is 1.61. The Kier molecular flexibility index (Phi) is 4.95. The van der Waals surface area contributed by atoms with Crippen LogP contribution in [0.4, 0.5) is 0 Å². The van der Waals surface area contributed by atoms with Crippen LogP contribution < -0.4 is 10.5 Å². The molecule has 1 aromatic heterocycles. The summed E-state index contributed by atoms with van der Waals surface area (Å²) in [6.45, 7) is 6.97. The lowest BCUT2D eigenvalue weighted by Gasteiger charge is -2.15. The van der Waals surface area contributed by atoms with E-state index in [1.165, 1.54) is 0 Å². The number of rotatable bonds is 6. The molecule has 18 heavy (non-hydrogen) atoms. The van der Waals surface area contributed by atoms with Crippen molar-refractivity contribution in [2.75, 3.05) is 6.54 Å². The number of aryl methyl sites for hydroxylation is 1. The first-order valence-corrected chi connectivity index (χ1v) is 7.61. The number of aromatic nitrogens is 1. The first-order chi connectivity index (χ1) is 8.27. The van der Waals surface area contributed by atoms with Crippen LogP contribution in [0.5, 0.6) is 0 Å². The molecular weight excluding hydrogens is 250 g/mol. The summed E-state index contributed by atoms with van der Waals surface area (Å²) >= 11 is 0. The van der Waals surface area contributed by atoms with Gasteiger partial charge in [0, 0.05) is 32.0 Å². The highest BCUT2D eigenvalue weighted by atomic mass is 32.2. The summed E-state index contributed by atoms with van der Waals surface area (Å²) in [5.74, 6) is 0.751. The number of nitrogens with one attached hydrogen (secondary N) is 1. The zero-order valence-electron chi connectivity index (χ0n) is 11.5. The molecule has 0 amide bonds. The Labute approximate surface area is 109 Å². The van der Waals surface area contributed by atoms with Gasteiger partial charge in [-0.3, -0.25) is 0 Å². The first-order valence-electron chi connectivity index (χ1n) is 6.13. The van der Waals surface area contributed by atoms with Gasteiger partial charge in [0.25, 0.3) is 0 Å². The maximum atomic E-state index is 12.1. The number of hydrogen-bond acceptors (Lipinski definition) is 3. The fourth-order valence-corrected chi connectivity index (χ4v) is 2.72. The van der Waals surface area contributed by atoms with Crippen molar-refractivity contribution in [2.24, 2.45) is 24.6 Å². The zero-order valence-corrected chi connectivity index (χ0v) is 12.3. The quantitative estimate of drug-likeness (QED) is 0.813. The van der Waals surface area contributed by atoms with E-state index < -0.39 is 10.0 Å². The van der Waals surface area contributed by atoms with E-state index in [0.717, 1.165) is 5.69 Å². The maximum Gasteiger partial charge on any atom is 0.242 e. The smallest absolute Gasteiger partial charge is 0.242 e. The molecule has 5 nitrogen and oxygen atoms in total. The molecule has 0 radical (unpaired) electrons. The molecule has 1 rings (SSSR count). The summed E-state index contributed by atoms with van der Waals surface area (Å²) in [5.41, 5.74) is 6.33. The Morgan fingerprint density at radius 2 is 2.00 bits per heavy atom. The zero-order chi connectivity index (χ0) is 13.9. The molecule has 0 aliphatic rings. The lowest BCUT2D eigenvalue weighted by molar-refractivity contribution is 0.414. The summed E-state index contributed by atoms with van der Waals surface area (Å²) in [4.78, 5) is 0.279. The second kappa shape index (κ2) is 5.86. The predicted octanol–water partition coefficient (Wildman–Crippen LogP) is 1.05. The molecule has 0 spiro atoms. The molecule has 3 N–H and O–H groups in total. The van der Waals surface area contributed by atoms with Crippen molar-refractivity contribution in [1.29, 1.82) is 0 Å². The van der Waals surface area contributed by atoms with Gasteiger partial charge in [0.05, 0.1) is 4.90 Å². The Hall–Kier alpha value is -0.850. The Morgan fingerprint density at radius 3 is 2.44 bits per heavy atom. The average molecular weight is 273 g/mol. The topological polar surface area (TPSA) is 77.1 Å². The second-order valence-corrected chi connectivity index (χ2v) is 6.82. The van der Waals surface area contributed by atoms with E-state index in [2.05, 4.69) is 18.6 Å². The van der Waals surface area contributed by atoms with Crippen molar-refractivity contribution in [2.45, 2.75) is 32.2 Å². The normalized spacial score (nSPS) is 14.1. The van der Waals surface area contributed by atoms with Crippen molar-refractivity contribution in [3.05, 3.63) is 18.0 Å². The molecule has 0 aromatic carbocycles. The van der Waals surface area contributed by atoms with Gasteiger partial charge < -0.3 is 10.3 Å². The van der Waals surface area contributed by atoms with Crippen molar-refractivity contribution in [1.82, 2.24) is 9.29 Å². The lowest BCUT2D eigenvalue weighted by atomic mass is 9.99. The number of sulfonamides is 1. The van der Waals surface area contributed by atoms with Crippen LogP contribution in [-0.4, -0.2) is 19.5 Å². The monoisotopic (exact) mass is 273 g/mol. The van der Waals surface area contributed by atoms with E-state index >= 15 is 0 Å². The minimum absolute atomic E-state index is 0.279. The first kappa shape index (κ1) is 15.2. The highest BCUT2D eigenvalue weighted by molar-refractivity contribution is 7.89. The number of hydrogen-bond donors (Lipinski definition) is 2. The van der Waals surface area contributed by atoms with Crippen LogP contribution in [0.3, 0.4) is 0 Å². The minimum atomic E-state index is -3.43. The van der Waals surface area contributed by atoms with Crippen LogP contribution in [0.1, 0.15) is 26.5 Å². The van der Waals surface area contributed by atoms with Gasteiger partial charge in [-0.1, -0.05) is 20.8 Å². The van der Waals surface area contributed by atoms with Crippen LogP contribution in [0.15, 0.2) is 17.2 Å². The van der Waals surface area contributed by atoms with Crippen LogP contribution in [0.25, 0.3) is 0 Å². The fourth-order valence-electron chi connectivity index (χ4n) is 1.49. The van der Waals surface area contributed by atoms with Gasteiger partial charge in [0.2, 0.25) is 10.0 Å². The van der Waals surface area contributed by atoms with Gasteiger partial charge in [-0.05, 0) is 17.9 Å². The summed E-state index contributed by atoms with van der Waals surface area (Å²) in [6.07, 6.45) is 1.59. The molecular formula is C12H23N3O2S. The van der Waals surface area contributed by atoms with E-state index in [1.54, 1.807) is 23.9 Å². The van der Waals surface area contributed by atoms with Gasteiger partial charge in [0.1, 0.15) is 0 Å². The summed E-state index contributed by atoms with van der Waals surface area (Å²) in [5, 5.41) is 0. The van der Waals surface area contributed by atoms with E-state index in [-0.39, 0.29) is 4.90 Å². The van der Waals surface area contributed by atoms with Gasteiger partial charge in [-0.25, -0.2) is 13.1 Å². The van der Waals surface area contributed by atoms with Crippen molar-refractivity contribution >= 4 is 10.0 Å². The third kappa shape index (κ3) is 3.57. The molecule has 0 aliphatic heterocycles. The van der Waals surface area contributed by atoms with Crippen LogP contribution in [0.2, 0.25) is 0 Å². The SMILES string of the molecule is CC(C)C(C)CNS(=O)(=O)c1cc(CN)n(C)c1. The molecule has 6 heteroatoms. The molecule has 1 heterocycles. The molecule has 0 saturated carbocycles. The molecule has 0 bridgehead atoms. The van der Waals surface area contributed by atoms with Crippen LogP contribution in [-0.2, 0) is 23.6 Å². The van der Waals surface area contributed by atoms with Gasteiger partial charge >= 0.3 is 0 Å². The van der Waals surface area contributed by atoms with Gasteiger partial charge in [0.15, 0.2) is 0 Å². The predicted molar refractivity (Wildman–Crippen MR) is 72.5 cm³/mol. The highest BCUT2D eigenvalue weighted by Gasteiger charge is 2.18. The molecule has 1 aromatic rings. The highest BCUT2D eigenvalue weighted by Crippen LogP contribution is 2.14. The molecule has 1 atom stereocenters. The minimum Gasteiger partial charge on any atom is -0.352 e. The molecule has 0 aliphatic carbocycles. The van der Waals surface area contributed by atoms with Crippen molar-refractivity contribution < 1.29 is 8.42 Å². The second-order valence-electron chi connectivity index (χ2n) is 5.06. The van der Waals surface area contributed by atoms with E-state index in [9.17, 15) is 8.42 Å². The fraction of sp³-hybridized carbons (Fsp3) is 0.667. The van der Waals surface area contributed by atoms with Crippen LogP contribution in [0, 0.1) is 11.8 Å². The Balaban J connectivity index is 2.80. The van der Waals surface area contributed by atoms with E-state index in [4.69, 9.17) is 5.73 Å².